The van der Waals surface area contributed by atoms with E-state index in [4.69, 9.17) is 16.3 Å². The van der Waals surface area contributed by atoms with Crippen molar-refractivity contribution < 1.29 is 4.74 Å². The molecule has 0 unspecified atom stereocenters. The molecule has 0 spiro atoms. The lowest BCUT2D eigenvalue weighted by molar-refractivity contribution is 0.268. The maximum atomic E-state index is 5.75. The summed E-state index contributed by atoms with van der Waals surface area (Å²) in [4.78, 5) is 0. The number of alkyl halides is 1. The van der Waals surface area contributed by atoms with Gasteiger partial charge in [-0.25, -0.2) is 0 Å². The van der Waals surface area contributed by atoms with E-state index in [0.717, 1.165) is 25.2 Å². The lowest BCUT2D eigenvalue weighted by atomic mass is 10.1. The topological polar surface area (TPSA) is 9.23 Å². The van der Waals surface area contributed by atoms with E-state index in [-0.39, 0.29) is 0 Å². The molecule has 84 valence electrons. The van der Waals surface area contributed by atoms with Gasteiger partial charge < -0.3 is 4.74 Å². The maximum Gasteiger partial charge on any atom is 0.122 e. The van der Waals surface area contributed by atoms with E-state index in [1.807, 2.05) is 18.2 Å². The summed E-state index contributed by atoms with van der Waals surface area (Å²) < 4.78 is 5.75. The quantitative estimate of drug-likeness (QED) is 0.669. The van der Waals surface area contributed by atoms with Crippen LogP contribution in [0.4, 0.5) is 0 Å². The second-order valence-electron chi connectivity index (χ2n) is 4.11. The van der Waals surface area contributed by atoms with Crippen molar-refractivity contribution in [3.8, 4) is 5.75 Å². The number of para-hydroxylation sites is 1. The molecular weight excluding hydrogens is 208 g/mol. The first-order valence-electron chi connectivity index (χ1n) is 5.50. The van der Waals surface area contributed by atoms with Gasteiger partial charge in [0.05, 0.1) is 6.61 Å². The molecule has 0 aliphatic heterocycles. The van der Waals surface area contributed by atoms with E-state index in [0.29, 0.717) is 11.8 Å². The molecule has 1 aromatic carbocycles. The van der Waals surface area contributed by atoms with Gasteiger partial charge in [0.25, 0.3) is 0 Å². The monoisotopic (exact) mass is 226 g/mol. The zero-order valence-corrected chi connectivity index (χ0v) is 10.3. The van der Waals surface area contributed by atoms with E-state index < -0.39 is 0 Å². The predicted octanol–water partition coefficient (Wildman–Crippen LogP) is 3.89. The van der Waals surface area contributed by atoms with Gasteiger partial charge in [-0.2, -0.15) is 0 Å². The molecule has 0 aliphatic rings. The molecule has 0 fully saturated rings. The lowest BCUT2D eigenvalue weighted by Crippen LogP contribution is -2.06. The zero-order valence-electron chi connectivity index (χ0n) is 9.50. The molecule has 1 aromatic rings. The Kier molecular flexibility index (Phi) is 5.56. The van der Waals surface area contributed by atoms with Crippen LogP contribution in [0.5, 0.6) is 5.75 Å². The fourth-order valence-electron chi connectivity index (χ4n) is 1.36. The average molecular weight is 227 g/mol. The Morgan fingerprint density at radius 3 is 2.67 bits per heavy atom. The summed E-state index contributed by atoms with van der Waals surface area (Å²) in [5.74, 6) is 2.28. The fraction of sp³-hybridized carbons (Fsp3) is 0.538. The van der Waals surface area contributed by atoms with Gasteiger partial charge in [-0.3, -0.25) is 0 Å². The minimum Gasteiger partial charge on any atom is -0.493 e. The highest BCUT2D eigenvalue weighted by Crippen LogP contribution is 2.20. The first-order valence-corrected chi connectivity index (χ1v) is 6.04. The molecule has 0 amide bonds. The highest BCUT2D eigenvalue weighted by molar-refractivity contribution is 6.17. The third-order valence-corrected chi connectivity index (χ3v) is 2.39. The number of halogens is 1. The zero-order chi connectivity index (χ0) is 11.1. The SMILES string of the molecule is CC(C)COc1ccccc1CCCCl. The van der Waals surface area contributed by atoms with Crippen LogP contribution in [-0.2, 0) is 6.42 Å². The normalized spacial score (nSPS) is 10.7. The summed E-state index contributed by atoms with van der Waals surface area (Å²) in [5, 5.41) is 0. The second-order valence-corrected chi connectivity index (χ2v) is 4.48. The van der Waals surface area contributed by atoms with Gasteiger partial charge in [0.2, 0.25) is 0 Å². The van der Waals surface area contributed by atoms with Crippen molar-refractivity contribution in [1.82, 2.24) is 0 Å². The molecule has 0 heterocycles. The van der Waals surface area contributed by atoms with Crippen LogP contribution in [0.3, 0.4) is 0 Å². The number of hydrogen-bond donors (Lipinski definition) is 0. The van der Waals surface area contributed by atoms with Gasteiger partial charge >= 0.3 is 0 Å². The summed E-state index contributed by atoms with van der Waals surface area (Å²) in [7, 11) is 0. The van der Waals surface area contributed by atoms with E-state index in [1.54, 1.807) is 0 Å². The van der Waals surface area contributed by atoms with Crippen LogP contribution in [0.1, 0.15) is 25.8 Å². The lowest BCUT2D eigenvalue weighted by Gasteiger charge is -2.12. The Balaban J connectivity index is 2.59. The Labute approximate surface area is 97.4 Å². The molecule has 0 saturated carbocycles. The maximum absolute atomic E-state index is 5.75. The predicted molar refractivity (Wildman–Crippen MR) is 65.8 cm³/mol. The fourth-order valence-corrected chi connectivity index (χ4v) is 1.50. The van der Waals surface area contributed by atoms with Crippen LogP contribution in [0.2, 0.25) is 0 Å². The summed E-state index contributed by atoms with van der Waals surface area (Å²) in [6, 6.07) is 8.21. The van der Waals surface area contributed by atoms with Gasteiger partial charge in [0, 0.05) is 5.88 Å². The van der Waals surface area contributed by atoms with Crippen LogP contribution in [0, 0.1) is 5.92 Å². The molecule has 0 saturated heterocycles. The van der Waals surface area contributed by atoms with Crippen molar-refractivity contribution >= 4 is 11.6 Å². The molecular formula is C13H19ClO. The molecule has 2 heteroatoms. The largest absolute Gasteiger partial charge is 0.493 e. The molecule has 0 aliphatic carbocycles. The minimum atomic E-state index is 0.561. The third-order valence-electron chi connectivity index (χ3n) is 2.12. The highest BCUT2D eigenvalue weighted by atomic mass is 35.5. The van der Waals surface area contributed by atoms with Crippen molar-refractivity contribution in [1.29, 1.82) is 0 Å². The van der Waals surface area contributed by atoms with E-state index in [9.17, 15) is 0 Å². The Bertz CT molecular complexity index is 284. The van der Waals surface area contributed by atoms with Crippen LogP contribution in [0.25, 0.3) is 0 Å². The molecule has 0 N–H and O–H groups in total. The van der Waals surface area contributed by atoms with Gasteiger partial charge in [-0.15, -0.1) is 11.6 Å². The number of rotatable bonds is 6. The Morgan fingerprint density at radius 1 is 1.27 bits per heavy atom. The summed E-state index contributed by atoms with van der Waals surface area (Å²) in [5.41, 5.74) is 1.26. The standard InChI is InChI=1S/C13H19ClO/c1-11(2)10-15-13-8-4-3-6-12(13)7-5-9-14/h3-4,6,8,11H,5,7,9-10H2,1-2H3. The first-order chi connectivity index (χ1) is 7.24. The van der Waals surface area contributed by atoms with Crippen molar-refractivity contribution in [3.63, 3.8) is 0 Å². The minimum absolute atomic E-state index is 0.561. The van der Waals surface area contributed by atoms with Gasteiger partial charge in [-0.1, -0.05) is 32.0 Å². The van der Waals surface area contributed by atoms with Crippen molar-refractivity contribution in [2.24, 2.45) is 5.92 Å². The van der Waals surface area contributed by atoms with Crippen molar-refractivity contribution in [3.05, 3.63) is 29.8 Å². The molecule has 0 radical (unpaired) electrons. The number of hydrogen-bond acceptors (Lipinski definition) is 1. The summed E-state index contributed by atoms with van der Waals surface area (Å²) in [6.45, 7) is 5.08. The van der Waals surface area contributed by atoms with Gasteiger partial charge in [0.15, 0.2) is 0 Å². The number of ether oxygens (including phenoxy) is 1. The molecule has 1 rings (SSSR count). The first kappa shape index (κ1) is 12.4. The average Bonchev–Trinajstić information content (AvgIpc) is 2.24. The molecule has 0 aromatic heterocycles. The molecule has 1 nitrogen and oxygen atoms in total. The Morgan fingerprint density at radius 2 is 2.00 bits per heavy atom. The van der Waals surface area contributed by atoms with Crippen LogP contribution < -0.4 is 4.74 Å². The van der Waals surface area contributed by atoms with E-state index >= 15 is 0 Å². The van der Waals surface area contributed by atoms with Crippen LogP contribution >= 0.6 is 11.6 Å². The summed E-state index contributed by atoms with van der Waals surface area (Å²) in [6.07, 6.45) is 2.00. The smallest absolute Gasteiger partial charge is 0.122 e. The van der Waals surface area contributed by atoms with Crippen molar-refractivity contribution in [2.75, 3.05) is 12.5 Å². The molecule has 15 heavy (non-hydrogen) atoms. The van der Waals surface area contributed by atoms with E-state index in [1.165, 1.54) is 5.56 Å². The third kappa shape index (κ3) is 4.57. The molecule has 0 atom stereocenters. The van der Waals surface area contributed by atoms with Crippen LogP contribution in [0.15, 0.2) is 24.3 Å². The van der Waals surface area contributed by atoms with Gasteiger partial charge in [-0.05, 0) is 30.4 Å². The number of aryl methyl sites for hydroxylation is 1. The number of benzene rings is 1. The van der Waals surface area contributed by atoms with Crippen LogP contribution in [-0.4, -0.2) is 12.5 Å². The highest BCUT2D eigenvalue weighted by Gasteiger charge is 2.03. The van der Waals surface area contributed by atoms with Crippen molar-refractivity contribution in [2.45, 2.75) is 26.7 Å². The molecule has 0 bridgehead atoms. The van der Waals surface area contributed by atoms with E-state index in [2.05, 4.69) is 19.9 Å². The Hall–Kier alpha value is -0.690. The second kappa shape index (κ2) is 6.73. The van der Waals surface area contributed by atoms with Gasteiger partial charge in [0.1, 0.15) is 5.75 Å². The summed E-state index contributed by atoms with van der Waals surface area (Å²) >= 11 is 5.69.